The van der Waals surface area contributed by atoms with Crippen LogP contribution in [-0.2, 0) is 10.0 Å². The Kier molecular flexibility index (Phi) is 6.41. The lowest BCUT2D eigenvalue weighted by atomic mass is 9.91. The maximum absolute atomic E-state index is 12.7. The minimum atomic E-state index is -3.65. The molecule has 0 saturated heterocycles. The summed E-state index contributed by atoms with van der Waals surface area (Å²) in [4.78, 5) is 0.158. The normalized spacial score (nSPS) is 11.8. The first-order valence-corrected chi connectivity index (χ1v) is 8.65. The van der Waals surface area contributed by atoms with Gasteiger partial charge >= 0.3 is 0 Å². The predicted molar refractivity (Wildman–Crippen MR) is 84.3 cm³/mol. The van der Waals surface area contributed by atoms with Gasteiger partial charge in [0.15, 0.2) is 0 Å². The molecule has 21 heavy (non-hydrogen) atoms. The minimum Gasteiger partial charge on any atom is -0.384 e. The molecule has 0 saturated carbocycles. The summed E-state index contributed by atoms with van der Waals surface area (Å²) in [7, 11) is -3.65. The number of nitrogens with one attached hydrogen (secondary N) is 1. The van der Waals surface area contributed by atoms with Crippen LogP contribution in [0.15, 0.2) is 29.2 Å². The molecule has 0 radical (unpaired) electrons. The van der Waals surface area contributed by atoms with Gasteiger partial charge in [-0.2, -0.15) is 0 Å². The molecule has 0 aliphatic rings. The molecule has 1 aromatic rings. The van der Waals surface area contributed by atoms with Crippen molar-refractivity contribution >= 4 is 10.0 Å². The van der Waals surface area contributed by atoms with Gasteiger partial charge in [0.1, 0.15) is 6.61 Å². The molecule has 116 valence electrons. The van der Waals surface area contributed by atoms with E-state index >= 15 is 0 Å². The van der Waals surface area contributed by atoms with E-state index in [9.17, 15) is 8.42 Å². The monoisotopic (exact) mass is 309 g/mol. The van der Waals surface area contributed by atoms with Gasteiger partial charge < -0.3 is 5.11 Å². The second-order valence-electron chi connectivity index (χ2n) is 4.90. The molecule has 0 amide bonds. The molecule has 0 heterocycles. The van der Waals surface area contributed by atoms with E-state index < -0.39 is 15.6 Å². The molecule has 5 heteroatoms. The number of hydrogen-bond acceptors (Lipinski definition) is 3. The molecule has 0 aliphatic carbocycles. The summed E-state index contributed by atoms with van der Waals surface area (Å²) < 4.78 is 28.2. The lowest BCUT2D eigenvalue weighted by Crippen LogP contribution is -2.47. The number of aliphatic hydroxyl groups is 1. The second kappa shape index (κ2) is 7.60. The van der Waals surface area contributed by atoms with Crippen LogP contribution in [0.3, 0.4) is 0 Å². The lowest BCUT2D eigenvalue weighted by Gasteiger charge is -2.31. The molecule has 1 rings (SSSR count). The highest BCUT2D eigenvalue weighted by Gasteiger charge is 2.31. The number of rotatable bonds is 6. The summed E-state index contributed by atoms with van der Waals surface area (Å²) >= 11 is 0. The lowest BCUT2D eigenvalue weighted by molar-refractivity contribution is 0.341. The maximum atomic E-state index is 12.7. The Bertz CT molecular complexity index is 614. The zero-order valence-electron chi connectivity index (χ0n) is 12.8. The highest BCUT2D eigenvalue weighted by atomic mass is 32.2. The largest absolute Gasteiger partial charge is 0.384 e. The first-order chi connectivity index (χ1) is 9.94. The van der Waals surface area contributed by atoms with Gasteiger partial charge in [-0.25, -0.2) is 13.1 Å². The van der Waals surface area contributed by atoms with E-state index in [0.29, 0.717) is 5.56 Å². The van der Waals surface area contributed by atoms with Gasteiger partial charge in [0.05, 0.1) is 4.90 Å². The van der Waals surface area contributed by atoms with Crippen LogP contribution in [0.4, 0.5) is 0 Å². The molecule has 0 fully saturated rings. The molecular weight excluding hydrogens is 286 g/mol. The third kappa shape index (κ3) is 4.31. The maximum Gasteiger partial charge on any atom is 0.242 e. The van der Waals surface area contributed by atoms with Crippen LogP contribution in [0, 0.1) is 11.8 Å². The van der Waals surface area contributed by atoms with E-state index in [1.165, 1.54) is 6.07 Å². The number of hydrogen-bond donors (Lipinski definition) is 2. The fraction of sp³-hybridized carbons (Fsp3) is 0.500. The SMILES string of the molecule is CCC(CC)(CC)NS(=O)(=O)c1ccccc1C#CCO. The Balaban J connectivity index is 3.26. The molecule has 0 unspecified atom stereocenters. The Labute approximate surface area is 127 Å². The first-order valence-electron chi connectivity index (χ1n) is 7.17. The van der Waals surface area contributed by atoms with Crippen LogP contribution in [0.2, 0.25) is 0 Å². The van der Waals surface area contributed by atoms with Crippen LogP contribution in [0.5, 0.6) is 0 Å². The van der Waals surface area contributed by atoms with Crippen molar-refractivity contribution in [3.05, 3.63) is 29.8 Å². The third-order valence-electron chi connectivity index (χ3n) is 3.86. The summed E-state index contributed by atoms with van der Waals surface area (Å²) in [5, 5.41) is 8.78. The Morgan fingerprint density at radius 1 is 1.14 bits per heavy atom. The topological polar surface area (TPSA) is 66.4 Å². The number of benzene rings is 1. The number of sulfonamides is 1. The fourth-order valence-corrected chi connectivity index (χ4v) is 4.02. The molecule has 0 spiro atoms. The fourth-order valence-electron chi connectivity index (χ4n) is 2.25. The minimum absolute atomic E-state index is 0.158. The van der Waals surface area contributed by atoms with Crippen molar-refractivity contribution in [3.63, 3.8) is 0 Å². The smallest absolute Gasteiger partial charge is 0.242 e. The van der Waals surface area contributed by atoms with Crippen molar-refractivity contribution in [2.24, 2.45) is 0 Å². The van der Waals surface area contributed by atoms with Crippen LogP contribution >= 0.6 is 0 Å². The van der Waals surface area contributed by atoms with Gasteiger partial charge in [0.2, 0.25) is 10.0 Å². The summed E-state index contributed by atoms with van der Waals surface area (Å²) in [5.74, 6) is 5.18. The summed E-state index contributed by atoms with van der Waals surface area (Å²) in [6.07, 6.45) is 2.18. The van der Waals surface area contributed by atoms with Crippen LogP contribution in [-0.4, -0.2) is 25.7 Å². The summed E-state index contributed by atoms with van der Waals surface area (Å²) in [6.45, 7) is 5.64. The van der Waals surface area contributed by atoms with Crippen molar-refractivity contribution in [2.45, 2.75) is 50.5 Å². The Morgan fingerprint density at radius 3 is 2.24 bits per heavy atom. The van der Waals surface area contributed by atoms with Gasteiger partial charge in [0.25, 0.3) is 0 Å². The summed E-state index contributed by atoms with van der Waals surface area (Å²) in [6, 6.07) is 6.58. The molecule has 2 N–H and O–H groups in total. The van der Waals surface area contributed by atoms with E-state index in [4.69, 9.17) is 5.11 Å². The van der Waals surface area contributed by atoms with Crippen LogP contribution in [0.25, 0.3) is 0 Å². The third-order valence-corrected chi connectivity index (χ3v) is 5.50. The molecule has 1 aromatic carbocycles. The zero-order chi connectivity index (χ0) is 15.9. The predicted octanol–water partition coefficient (Wildman–Crippen LogP) is 2.28. The molecule has 0 aromatic heterocycles. The number of aliphatic hydroxyl groups excluding tert-OH is 1. The van der Waals surface area contributed by atoms with Crippen molar-refractivity contribution in [2.75, 3.05) is 6.61 Å². The highest BCUT2D eigenvalue weighted by Crippen LogP contribution is 2.24. The van der Waals surface area contributed by atoms with Crippen LogP contribution in [0.1, 0.15) is 45.6 Å². The van der Waals surface area contributed by atoms with E-state index in [1.807, 2.05) is 20.8 Å². The van der Waals surface area contributed by atoms with E-state index in [1.54, 1.807) is 18.2 Å². The second-order valence-corrected chi connectivity index (χ2v) is 6.55. The van der Waals surface area contributed by atoms with Crippen molar-refractivity contribution < 1.29 is 13.5 Å². The quantitative estimate of drug-likeness (QED) is 0.792. The standard InChI is InChI=1S/C16H23NO3S/c1-4-16(5-2,6-3)17-21(19,20)15-12-8-7-10-14(15)11-9-13-18/h7-8,10,12,17-18H,4-6,13H2,1-3H3. The molecule has 0 bridgehead atoms. The molecule has 4 nitrogen and oxygen atoms in total. The van der Waals surface area contributed by atoms with Gasteiger partial charge in [-0.05, 0) is 31.4 Å². The van der Waals surface area contributed by atoms with E-state index in [-0.39, 0.29) is 11.5 Å². The first kappa shape index (κ1) is 17.7. The van der Waals surface area contributed by atoms with E-state index in [2.05, 4.69) is 16.6 Å². The average molecular weight is 309 g/mol. The highest BCUT2D eigenvalue weighted by molar-refractivity contribution is 7.89. The Hall–Kier alpha value is -1.35. The Morgan fingerprint density at radius 2 is 1.71 bits per heavy atom. The van der Waals surface area contributed by atoms with Crippen molar-refractivity contribution in [1.29, 1.82) is 0 Å². The van der Waals surface area contributed by atoms with Gasteiger partial charge in [-0.1, -0.05) is 44.7 Å². The molecule has 0 aliphatic heterocycles. The molecule has 0 atom stereocenters. The molecular formula is C16H23NO3S. The van der Waals surface area contributed by atoms with Gasteiger partial charge in [-0.15, -0.1) is 0 Å². The average Bonchev–Trinajstić information content (AvgIpc) is 2.51. The summed E-state index contributed by atoms with van der Waals surface area (Å²) in [5.41, 5.74) is -0.0349. The van der Waals surface area contributed by atoms with Crippen molar-refractivity contribution in [1.82, 2.24) is 4.72 Å². The van der Waals surface area contributed by atoms with Gasteiger partial charge in [0, 0.05) is 11.1 Å². The van der Waals surface area contributed by atoms with Crippen molar-refractivity contribution in [3.8, 4) is 11.8 Å². The van der Waals surface area contributed by atoms with Gasteiger partial charge in [-0.3, -0.25) is 0 Å². The van der Waals surface area contributed by atoms with Crippen LogP contribution < -0.4 is 4.72 Å². The van der Waals surface area contributed by atoms with E-state index in [0.717, 1.165) is 19.3 Å². The zero-order valence-corrected chi connectivity index (χ0v) is 13.6.